The van der Waals surface area contributed by atoms with Gasteiger partial charge in [-0.05, 0) is 47.4 Å². The summed E-state index contributed by atoms with van der Waals surface area (Å²) in [4.78, 5) is 11.9. The summed E-state index contributed by atoms with van der Waals surface area (Å²) in [6.45, 7) is 2.40. The van der Waals surface area contributed by atoms with Crippen LogP contribution in [0.5, 0.6) is 11.5 Å². The molecule has 154 valence electrons. The number of esters is 1. The molecule has 0 fully saturated rings. The molecule has 0 heterocycles. The van der Waals surface area contributed by atoms with E-state index in [1.165, 1.54) is 20.5 Å². The van der Waals surface area contributed by atoms with Crippen molar-refractivity contribution >= 4 is 5.97 Å². The number of carbonyl (C=O) groups excluding carboxylic acids is 1. The van der Waals surface area contributed by atoms with Crippen LogP contribution in [0.15, 0.2) is 84.8 Å². The number of rotatable bonds is 8. The smallest absolute Gasteiger partial charge is 0.377 e. The van der Waals surface area contributed by atoms with Gasteiger partial charge in [0, 0.05) is 0 Å². The Labute approximate surface area is 176 Å². The van der Waals surface area contributed by atoms with Gasteiger partial charge in [0.05, 0.1) is 14.2 Å². The van der Waals surface area contributed by atoms with Crippen molar-refractivity contribution in [2.75, 3.05) is 14.2 Å². The molecule has 0 atom stereocenters. The summed E-state index contributed by atoms with van der Waals surface area (Å²) in [6.07, 6.45) is 1.22. The quantitative estimate of drug-likeness (QED) is 0.290. The number of benzene rings is 3. The molecule has 0 unspecified atom stereocenters. The van der Waals surface area contributed by atoms with Gasteiger partial charge in [0.1, 0.15) is 24.4 Å². The van der Waals surface area contributed by atoms with Crippen LogP contribution in [0.1, 0.15) is 11.1 Å². The second-order valence-corrected chi connectivity index (χ2v) is 6.59. The minimum Gasteiger partial charge on any atom is -0.500 e. The van der Waals surface area contributed by atoms with Crippen molar-refractivity contribution < 1.29 is 23.7 Å². The first-order valence-electron chi connectivity index (χ1n) is 9.47. The van der Waals surface area contributed by atoms with Gasteiger partial charge in [-0.2, -0.15) is 0 Å². The van der Waals surface area contributed by atoms with Crippen LogP contribution in [-0.2, 0) is 20.9 Å². The van der Waals surface area contributed by atoms with Crippen LogP contribution in [0.2, 0.25) is 0 Å². The lowest BCUT2D eigenvalue weighted by atomic mass is 10.0. The standard InChI is InChI=1S/C25H24O5/c1-18-12-13-21(15-23(18)30-24(17-27-2)25(26)28-3)20-10-7-11-22(14-20)29-16-19-8-5-4-6-9-19/h4-15,17H,16H2,1-3H3. The molecule has 0 N–H and O–H groups in total. The molecular formula is C25H24O5. The molecule has 0 aliphatic rings. The number of methoxy groups -OCH3 is 2. The highest BCUT2D eigenvalue weighted by atomic mass is 16.6. The van der Waals surface area contributed by atoms with E-state index < -0.39 is 5.97 Å². The maximum absolute atomic E-state index is 11.9. The number of aryl methyl sites for hydroxylation is 1. The van der Waals surface area contributed by atoms with Crippen molar-refractivity contribution in [2.24, 2.45) is 0 Å². The third-order valence-corrected chi connectivity index (χ3v) is 4.44. The molecule has 0 saturated carbocycles. The molecule has 0 spiro atoms. The molecule has 0 aliphatic carbocycles. The average molecular weight is 404 g/mol. The molecule has 3 rings (SSSR count). The van der Waals surface area contributed by atoms with Gasteiger partial charge in [-0.3, -0.25) is 0 Å². The molecule has 0 bridgehead atoms. The van der Waals surface area contributed by atoms with Gasteiger partial charge < -0.3 is 18.9 Å². The topological polar surface area (TPSA) is 54.0 Å². The van der Waals surface area contributed by atoms with Gasteiger partial charge in [-0.25, -0.2) is 4.79 Å². The molecule has 5 nitrogen and oxygen atoms in total. The van der Waals surface area contributed by atoms with E-state index in [1.807, 2.05) is 79.7 Å². The van der Waals surface area contributed by atoms with Gasteiger partial charge in [0.2, 0.25) is 5.76 Å². The molecule has 5 heteroatoms. The predicted octanol–water partition coefficient (Wildman–Crippen LogP) is 5.28. The van der Waals surface area contributed by atoms with E-state index in [0.29, 0.717) is 12.4 Å². The van der Waals surface area contributed by atoms with Crippen molar-refractivity contribution in [1.29, 1.82) is 0 Å². The van der Waals surface area contributed by atoms with E-state index in [2.05, 4.69) is 0 Å². The summed E-state index contributed by atoms with van der Waals surface area (Å²) < 4.78 is 21.4. The van der Waals surface area contributed by atoms with E-state index in [-0.39, 0.29) is 5.76 Å². The Morgan fingerprint density at radius 1 is 0.900 bits per heavy atom. The van der Waals surface area contributed by atoms with Crippen LogP contribution < -0.4 is 9.47 Å². The van der Waals surface area contributed by atoms with Crippen LogP contribution >= 0.6 is 0 Å². The van der Waals surface area contributed by atoms with Crippen LogP contribution in [0.4, 0.5) is 0 Å². The Kier molecular flexibility index (Phi) is 7.11. The Bertz CT molecular complexity index is 1020. The van der Waals surface area contributed by atoms with Crippen molar-refractivity contribution in [2.45, 2.75) is 13.5 Å². The van der Waals surface area contributed by atoms with Crippen molar-refractivity contribution in [3.8, 4) is 22.6 Å². The molecule has 0 amide bonds. The summed E-state index contributed by atoms with van der Waals surface area (Å²) in [5.74, 6) is 0.670. The normalized spacial score (nSPS) is 11.0. The Morgan fingerprint density at radius 2 is 1.67 bits per heavy atom. The minimum atomic E-state index is -0.613. The zero-order valence-electron chi connectivity index (χ0n) is 17.3. The summed E-state index contributed by atoms with van der Waals surface area (Å²) in [5.41, 5.74) is 3.89. The highest BCUT2D eigenvalue weighted by Gasteiger charge is 2.15. The first kappa shape index (κ1) is 21.0. The fourth-order valence-corrected chi connectivity index (χ4v) is 2.84. The fraction of sp³-hybridized carbons (Fsp3) is 0.160. The maximum Gasteiger partial charge on any atom is 0.377 e. The molecule has 0 aliphatic heterocycles. The van der Waals surface area contributed by atoms with E-state index in [1.54, 1.807) is 0 Å². The van der Waals surface area contributed by atoms with Crippen LogP contribution in [0.3, 0.4) is 0 Å². The largest absolute Gasteiger partial charge is 0.500 e. The zero-order valence-corrected chi connectivity index (χ0v) is 17.3. The van der Waals surface area contributed by atoms with Crippen molar-refractivity contribution in [3.63, 3.8) is 0 Å². The number of hydrogen-bond acceptors (Lipinski definition) is 5. The first-order chi connectivity index (χ1) is 14.6. The molecule has 3 aromatic rings. The van der Waals surface area contributed by atoms with Gasteiger partial charge in [0.25, 0.3) is 0 Å². The Morgan fingerprint density at radius 3 is 2.40 bits per heavy atom. The van der Waals surface area contributed by atoms with E-state index >= 15 is 0 Å². The van der Waals surface area contributed by atoms with E-state index in [9.17, 15) is 4.79 Å². The molecule has 0 aromatic heterocycles. The van der Waals surface area contributed by atoms with Gasteiger partial charge in [-0.15, -0.1) is 0 Å². The van der Waals surface area contributed by atoms with Crippen molar-refractivity contribution in [1.82, 2.24) is 0 Å². The second-order valence-electron chi connectivity index (χ2n) is 6.59. The van der Waals surface area contributed by atoms with Crippen LogP contribution in [0, 0.1) is 6.92 Å². The fourth-order valence-electron chi connectivity index (χ4n) is 2.84. The Hall–Kier alpha value is -3.73. The summed E-state index contributed by atoms with van der Waals surface area (Å²) in [5, 5.41) is 0. The zero-order chi connectivity index (χ0) is 21.3. The number of carbonyl (C=O) groups is 1. The lowest BCUT2D eigenvalue weighted by Crippen LogP contribution is -2.11. The molecular weight excluding hydrogens is 380 g/mol. The summed E-state index contributed by atoms with van der Waals surface area (Å²) in [6, 6.07) is 23.7. The van der Waals surface area contributed by atoms with Gasteiger partial charge >= 0.3 is 5.97 Å². The second kappa shape index (κ2) is 10.2. The van der Waals surface area contributed by atoms with Gasteiger partial charge in [-0.1, -0.05) is 54.6 Å². The number of ether oxygens (including phenoxy) is 4. The van der Waals surface area contributed by atoms with Gasteiger partial charge in [0.15, 0.2) is 0 Å². The third-order valence-electron chi connectivity index (χ3n) is 4.44. The SMILES string of the molecule is COC=C(Oc1cc(-c2cccc(OCc3ccccc3)c2)ccc1C)C(=O)OC. The first-order valence-corrected chi connectivity index (χ1v) is 9.47. The average Bonchev–Trinajstić information content (AvgIpc) is 2.79. The van der Waals surface area contributed by atoms with E-state index in [0.717, 1.165) is 28.0 Å². The van der Waals surface area contributed by atoms with Crippen LogP contribution in [0.25, 0.3) is 11.1 Å². The molecule has 0 radical (unpaired) electrons. The van der Waals surface area contributed by atoms with Crippen LogP contribution in [-0.4, -0.2) is 20.2 Å². The summed E-state index contributed by atoms with van der Waals surface area (Å²) >= 11 is 0. The Balaban J connectivity index is 1.81. The highest BCUT2D eigenvalue weighted by molar-refractivity contribution is 5.86. The predicted molar refractivity (Wildman–Crippen MR) is 115 cm³/mol. The molecule has 0 saturated heterocycles. The highest BCUT2D eigenvalue weighted by Crippen LogP contribution is 2.30. The maximum atomic E-state index is 11.9. The molecule has 30 heavy (non-hydrogen) atoms. The summed E-state index contributed by atoms with van der Waals surface area (Å²) in [7, 11) is 2.73. The number of hydrogen-bond donors (Lipinski definition) is 0. The lowest BCUT2D eigenvalue weighted by Gasteiger charge is -2.13. The minimum absolute atomic E-state index is 0.0276. The van der Waals surface area contributed by atoms with Crippen molar-refractivity contribution in [3.05, 3.63) is 95.9 Å². The van der Waals surface area contributed by atoms with E-state index in [4.69, 9.17) is 18.9 Å². The lowest BCUT2D eigenvalue weighted by molar-refractivity contribution is -0.138. The monoisotopic (exact) mass is 404 g/mol. The third kappa shape index (κ3) is 5.41. The molecule has 3 aromatic carbocycles.